The number of hydrogen-bond donors (Lipinski definition) is 1. The molecule has 0 aromatic heterocycles. The van der Waals surface area contributed by atoms with Gasteiger partial charge in [-0.3, -0.25) is 0 Å². The molecule has 2 heteroatoms. The highest BCUT2D eigenvalue weighted by atomic mass is 16.3. The molecule has 0 aromatic rings. The third-order valence-corrected chi connectivity index (χ3v) is 1.70. The molecule has 0 aliphatic heterocycles. The summed E-state index contributed by atoms with van der Waals surface area (Å²) in [5.41, 5.74) is 1.09. The van der Waals surface area contributed by atoms with E-state index in [2.05, 4.69) is 6.58 Å². The van der Waals surface area contributed by atoms with Crippen LogP contribution in [0.1, 0.15) is 6.92 Å². The SMILES string of the molecule is C=C/C=C(O)\C=C(/C)[N+](C)(C)C. The summed E-state index contributed by atoms with van der Waals surface area (Å²) in [6, 6.07) is 0. The number of allylic oxidation sites excluding steroid dienone is 4. The molecule has 12 heavy (non-hydrogen) atoms. The Morgan fingerprint density at radius 1 is 1.33 bits per heavy atom. The Kier molecular flexibility index (Phi) is 3.77. The molecule has 0 fully saturated rings. The molecule has 0 aromatic carbocycles. The largest absolute Gasteiger partial charge is 0.508 e. The van der Waals surface area contributed by atoms with Gasteiger partial charge < -0.3 is 9.59 Å². The predicted octanol–water partition coefficient (Wildman–Crippen LogP) is 2.22. The van der Waals surface area contributed by atoms with Gasteiger partial charge in [0.1, 0.15) is 11.5 Å². The third kappa shape index (κ3) is 3.98. The van der Waals surface area contributed by atoms with Gasteiger partial charge in [0.2, 0.25) is 0 Å². The van der Waals surface area contributed by atoms with Crippen LogP contribution >= 0.6 is 0 Å². The van der Waals surface area contributed by atoms with Crippen molar-refractivity contribution in [2.24, 2.45) is 0 Å². The van der Waals surface area contributed by atoms with Crippen molar-refractivity contribution >= 4 is 0 Å². The molecule has 0 radical (unpaired) electrons. The van der Waals surface area contributed by atoms with Gasteiger partial charge in [0.15, 0.2) is 0 Å². The Hall–Kier alpha value is -1.02. The average molecular weight is 168 g/mol. The highest BCUT2D eigenvalue weighted by Gasteiger charge is 2.09. The quantitative estimate of drug-likeness (QED) is 0.389. The van der Waals surface area contributed by atoms with Crippen molar-refractivity contribution in [2.45, 2.75) is 6.92 Å². The second-order valence-electron chi connectivity index (χ2n) is 3.63. The van der Waals surface area contributed by atoms with Crippen LogP contribution in [0.4, 0.5) is 0 Å². The van der Waals surface area contributed by atoms with Crippen molar-refractivity contribution < 1.29 is 9.59 Å². The maximum atomic E-state index is 9.29. The summed E-state index contributed by atoms with van der Waals surface area (Å²) >= 11 is 0. The van der Waals surface area contributed by atoms with Crippen LogP contribution in [0.25, 0.3) is 0 Å². The van der Waals surface area contributed by atoms with Gasteiger partial charge in [0, 0.05) is 13.0 Å². The van der Waals surface area contributed by atoms with Gasteiger partial charge >= 0.3 is 0 Å². The summed E-state index contributed by atoms with van der Waals surface area (Å²) in [5, 5.41) is 9.29. The fraction of sp³-hybridized carbons (Fsp3) is 0.400. The monoisotopic (exact) mass is 168 g/mol. The van der Waals surface area contributed by atoms with Crippen LogP contribution in [-0.4, -0.2) is 30.7 Å². The van der Waals surface area contributed by atoms with Crippen LogP contribution in [0.5, 0.6) is 0 Å². The van der Waals surface area contributed by atoms with Crippen molar-refractivity contribution in [3.8, 4) is 0 Å². The van der Waals surface area contributed by atoms with Crippen LogP contribution in [0.15, 0.2) is 36.3 Å². The Balaban J connectivity index is 4.57. The molecule has 0 saturated heterocycles. The van der Waals surface area contributed by atoms with E-state index in [1.165, 1.54) is 0 Å². The van der Waals surface area contributed by atoms with E-state index in [1.54, 1.807) is 18.2 Å². The molecular formula is C10H18NO+. The summed E-state index contributed by atoms with van der Waals surface area (Å²) < 4.78 is 0.717. The number of rotatable bonds is 3. The molecule has 2 nitrogen and oxygen atoms in total. The number of hydrogen-bond acceptors (Lipinski definition) is 1. The predicted molar refractivity (Wildman–Crippen MR) is 52.7 cm³/mol. The average Bonchev–Trinajstić information content (AvgIpc) is 1.85. The molecule has 0 unspecified atom stereocenters. The first kappa shape index (κ1) is 11.0. The smallest absolute Gasteiger partial charge is 0.121 e. The molecule has 0 heterocycles. The highest BCUT2D eigenvalue weighted by Crippen LogP contribution is 2.08. The van der Waals surface area contributed by atoms with Crippen LogP contribution in [0.2, 0.25) is 0 Å². The van der Waals surface area contributed by atoms with Crippen LogP contribution in [-0.2, 0) is 0 Å². The van der Waals surface area contributed by atoms with Crippen molar-refractivity contribution in [3.63, 3.8) is 0 Å². The zero-order valence-electron chi connectivity index (χ0n) is 8.33. The standard InChI is InChI=1S/C10H17NO/c1-6-7-10(12)8-9(2)11(3,4)5/h6-8H,1H2,2-5H3/p+1/b9-8+,10-7+. The van der Waals surface area contributed by atoms with Crippen molar-refractivity contribution in [1.29, 1.82) is 0 Å². The summed E-state index contributed by atoms with van der Waals surface area (Å²) in [6.45, 7) is 5.48. The molecule has 0 aliphatic rings. The first-order valence-electron chi connectivity index (χ1n) is 3.90. The van der Waals surface area contributed by atoms with Gasteiger partial charge in [-0.05, 0) is 6.08 Å². The normalized spacial score (nSPS) is 14.7. The van der Waals surface area contributed by atoms with E-state index in [0.717, 1.165) is 10.2 Å². The fourth-order valence-corrected chi connectivity index (χ4v) is 0.577. The van der Waals surface area contributed by atoms with Crippen LogP contribution in [0.3, 0.4) is 0 Å². The second kappa shape index (κ2) is 4.12. The summed E-state index contributed by atoms with van der Waals surface area (Å²) in [7, 11) is 6.15. The van der Waals surface area contributed by atoms with Crippen molar-refractivity contribution in [3.05, 3.63) is 36.3 Å². The van der Waals surface area contributed by atoms with Crippen molar-refractivity contribution in [1.82, 2.24) is 0 Å². The molecule has 68 valence electrons. The van der Waals surface area contributed by atoms with Gasteiger partial charge in [-0.15, -0.1) is 0 Å². The van der Waals surface area contributed by atoms with E-state index in [-0.39, 0.29) is 5.76 Å². The molecule has 0 amide bonds. The molecule has 0 saturated carbocycles. The first-order chi connectivity index (χ1) is 5.38. The first-order valence-corrected chi connectivity index (χ1v) is 3.90. The number of aliphatic hydroxyl groups is 1. The lowest BCUT2D eigenvalue weighted by molar-refractivity contribution is -0.831. The Morgan fingerprint density at radius 3 is 2.17 bits per heavy atom. The van der Waals surface area contributed by atoms with Gasteiger partial charge in [-0.1, -0.05) is 12.7 Å². The second-order valence-corrected chi connectivity index (χ2v) is 3.63. The maximum Gasteiger partial charge on any atom is 0.121 e. The molecule has 0 aliphatic carbocycles. The minimum Gasteiger partial charge on any atom is -0.508 e. The van der Waals surface area contributed by atoms with Crippen LogP contribution < -0.4 is 0 Å². The lowest BCUT2D eigenvalue weighted by atomic mass is 10.3. The van der Waals surface area contributed by atoms with Crippen LogP contribution in [0, 0.1) is 0 Å². The topological polar surface area (TPSA) is 20.2 Å². The molecule has 0 bridgehead atoms. The zero-order chi connectivity index (χ0) is 9.78. The molecular weight excluding hydrogens is 150 g/mol. The Morgan fingerprint density at radius 2 is 1.83 bits per heavy atom. The minimum absolute atomic E-state index is 0.246. The minimum atomic E-state index is 0.246. The van der Waals surface area contributed by atoms with E-state index in [0.29, 0.717) is 0 Å². The number of aliphatic hydroxyl groups excluding tert-OH is 1. The van der Waals surface area contributed by atoms with E-state index >= 15 is 0 Å². The lowest BCUT2D eigenvalue weighted by Crippen LogP contribution is -2.31. The van der Waals surface area contributed by atoms with Crippen molar-refractivity contribution in [2.75, 3.05) is 21.1 Å². The van der Waals surface area contributed by atoms with Gasteiger partial charge in [0.25, 0.3) is 0 Å². The fourth-order valence-electron chi connectivity index (χ4n) is 0.577. The van der Waals surface area contributed by atoms with E-state index in [4.69, 9.17) is 0 Å². The Bertz CT molecular complexity index is 218. The summed E-state index contributed by atoms with van der Waals surface area (Å²) in [4.78, 5) is 0. The van der Waals surface area contributed by atoms with Gasteiger partial charge in [-0.2, -0.15) is 0 Å². The third-order valence-electron chi connectivity index (χ3n) is 1.70. The van der Waals surface area contributed by atoms with E-state index < -0.39 is 0 Å². The zero-order valence-corrected chi connectivity index (χ0v) is 8.33. The molecule has 0 atom stereocenters. The van der Waals surface area contributed by atoms with Gasteiger partial charge in [-0.25, -0.2) is 0 Å². The molecule has 0 spiro atoms. The Labute approximate surface area is 74.7 Å². The summed E-state index contributed by atoms with van der Waals surface area (Å²) in [6.07, 6.45) is 4.87. The summed E-state index contributed by atoms with van der Waals surface area (Å²) in [5.74, 6) is 0.246. The highest BCUT2D eigenvalue weighted by molar-refractivity contribution is 5.17. The molecule has 1 N–H and O–H groups in total. The lowest BCUT2D eigenvalue weighted by Gasteiger charge is -2.23. The maximum absolute atomic E-state index is 9.29. The van der Waals surface area contributed by atoms with E-state index in [1.807, 2.05) is 28.1 Å². The molecule has 0 rings (SSSR count). The number of nitrogens with zero attached hydrogens (tertiary/aromatic N) is 1. The van der Waals surface area contributed by atoms with Gasteiger partial charge in [0.05, 0.1) is 21.1 Å². The van der Waals surface area contributed by atoms with E-state index in [9.17, 15) is 5.11 Å². The number of quaternary nitrogens is 1.